The third-order valence-electron chi connectivity index (χ3n) is 3.03. The molecule has 0 unspecified atom stereocenters. The van der Waals surface area contributed by atoms with E-state index in [9.17, 15) is 4.79 Å². The van der Waals surface area contributed by atoms with Gasteiger partial charge in [0.1, 0.15) is 0 Å². The minimum absolute atomic E-state index is 0.772. The molecule has 2 rings (SSSR count). The highest BCUT2D eigenvalue weighted by Gasteiger charge is 2.09. The van der Waals surface area contributed by atoms with Gasteiger partial charge in [-0.3, -0.25) is 4.79 Å². The topological polar surface area (TPSA) is 25.2 Å². The second kappa shape index (κ2) is 5.12. The predicted molar refractivity (Wildman–Crippen MR) is 60.1 cm³/mol. The summed E-state index contributed by atoms with van der Waals surface area (Å²) in [5, 5.41) is 0. The first-order valence-electron chi connectivity index (χ1n) is 5.72. The van der Waals surface area contributed by atoms with Crippen molar-refractivity contribution in [3.63, 3.8) is 0 Å². The summed E-state index contributed by atoms with van der Waals surface area (Å²) in [7, 11) is 0. The molecule has 0 aliphatic carbocycles. The number of carbonyl (C=O) groups excluding carboxylic acids is 1. The first kappa shape index (κ1) is 10.4. The van der Waals surface area contributed by atoms with Crippen LogP contribution in [0.5, 0.6) is 0 Å². The summed E-state index contributed by atoms with van der Waals surface area (Å²) in [4.78, 5) is 13.0. The number of aromatic nitrogens is 1. The van der Waals surface area contributed by atoms with Crippen molar-refractivity contribution in [2.45, 2.75) is 25.8 Å². The lowest BCUT2D eigenvalue weighted by atomic mass is 10.1. The molecule has 0 atom stereocenters. The van der Waals surface area contributed by atoms with Crippen LogP contribution in [0, 0.1) is 0 Å². The van der Waals surface area contributed by atoms with Crippen LogP contribution in [0.3, 0.4) is 0 Å². The molecule has 82 valence electrons. The van der Waals surface area contributed by atoms with Gasteiger partial charge in [-0.25, -0.2) is 0 Å². The average molecular weight is 206 g/mol. The lowest BCUT2D eigenvalue weighted by Crippen LogP contribution is -2.32. The maximum Gasteiger partial charge on any atom is 0.151 e. The van der Waals surface area contributed by atoms with Crippen molar-refractivity contribution in [2.75, 3.05) is 19.6 Å². The largest absolute Gasteiger partial charge is 0.352 e. The number of aldehydes is 1. The Labute approximate surface area is 90.7 Å². The fraction of sp³-hybridized carbons (Fsp3) is 0.583. The van der Waals surface area contributed by atoms with Crippen LogP contribution < -0.4 is 0 Å². The second-order valence-electron chi connectivity index (χ2n) is 4.20. The van der Waals surface area contributed by atoms with E-state index < -0.39 is 0 Å². The molecule has 3 nitrogen and oxygen atoms in total. The average Bonchev–Trinajstić information content (AvgIpc) is 2.76. The standard InChI is InChI=1S/C12H18N2O/c15-11-12-4-7-14(10-12)9-8-13-5-2-1-3-6-13/h4,7,10-11H,1-3,5-6,8-9H2. The molecule has 2 heterocycles. The molecule has 1 aromatic rings. The van der Waals surface area contributed by atoms with Crippen LogP contribution in [-0.2, 0) is 6.54 Å². The molecule has 0 N–H and O–H groups in total. The van der Waals surface area contributed by atoms with E-state index in [0.717, 1.165) is 24.9 Å². The molecule has 1 aliphatic rings. The third kappa shape index (κ3) is 2.93. The number of nitrogens with zero attached hydrogens (tertiary/aromatic N) is 2. The van der Waals surface area contributed by atoms with Crippen LogP contribution in [0.2, 0.25) is 0 Å². The molecule has 0 amide bonds. The Kier molecular flexibility index (Phi) is 3.56. The Balaban J connectivity index is 1.79. The van der Waals surface area contributed by atoms with Crippen molar-refractivity contribution in [2.24, 2.45) is 0 Å². The molecule has 15 heavy (non-hydrogen) atoms. The Bertz CT molecular complexity index is 313. The van der Waals surface area contributed by atoms with E-state index in [2.05, 4.69) is 9.47 Å². The molecule has 0 bridgehead atoms. The Morgan fingerprint density at radius 3 is 2.67 bits per heavy atom. The number of hydrogen-bond donors (Lipinski definition) is 0. The number of likely N-dealkylation sites (tertiary alicyclic amines) is 1. The van der Waals surface area contributed by atoms with Crippen molar-refractivity contribution in [1.29, 1.82) is 0 Å². The second-order valence-corrected chi connectivity index (χ2v) is 4.20. The van der Waals surface area contributed by atoms with Gasteiger partial charge in [0.05, 0.1) is 0 Å². The lowest BCUT2D eigenvalue weighted by molar-refractivity contribution is 0.112. The fourth-order valence-electron chi connectivity index (χ4n) is 2.11. The highest BCUT2D eigenvalue weighted by atomic mass is 16.1. The van der Waals surface area contributed by atoms with E-state index in [1.807, 2.05) is 18.5 Å². The quantitative estimate of drug-likeness (QED) is 0.702. The van der Waals surface area contributed by atoms with Crippen LogP contribution in [0.25, 0.3) is 0 Å². The molecule has 1 fully saturated rings. The van der Waals surface area contributed by atoms with Crippen molar-refractivity contribution < 1.29 is 4.79 Å². The highest BCUT2D eigenvalue weighted by Crippen LogP contribution is 2.08. The van der Waals surface area contributed by atoms with Crippen molar-refractivity contribution >= 4 is 6.29 Å². The third-order valence-corrected chi connectivity index (χ3v) is 3.03. The molecule has 0 spiro atoms. The van der Waals surface area contributed by atoms with Gasteiger partial charge in [-0.2, -0.15) is 0 Å². The van der Waals surface area contributed by atoms with Crippen LogP contribution in [0.1, 0.15) is 29.6 Å². The van der Waals surface area contributed by atoms with Gasteiger partial charge in [-0.15, -0.1) is 0 Å². The zero-order valence-corrected chi connectivity index (χ0v) is 9.06. The molecule has 0 radical (unpaired) electrons. The summed E-state index contributed by atoms with van der Waals surface area (Å²) in [6.45, 7) is 4.57. The molecular formula is C12H18N2O. The Morgan fingerprint density at radius 1 is 1.20 bits per heavy atom. The van der Waals surface area contributed by atoms with Gasteiger partial charge in [0, 0.05) is 31.0 Å². The molecule has 1 aromatic heterocycles. The number of rotatable bonds is 4. The van der Waals surface area contributed by atoms with Crippen LogP contribution in [0.4, 0.5) is 0 Å². The molecule has 0 saturated carbocycles. The number of piperidine rings is 1. The monoisotopic (exact) mass is 206 g/mol. The number of carbonyl (C=O) groups is 1. The Hall–Kier alpha value is -1.09. The normalized spacial score (nSPS) is 17.9. The molecule has 0 aromatic carbocycles. The molecule has 1 aliphatic heterocycles. The van der Waals surface area contributed by atoms with Crippen molar-refractivity contribution in [3.05, 3.63) is 24.0 Å². The van der Waals surface area contributed by atoms with E-state index in [-0.39, 0.29) is 0 Å². The van der Waals surface area contributed by atoms with Gasteiger partial charge in [0.2, 0.25) is 0 Å². The number of hydrogen-bond acceptors (Lipinski definition) is 2. The summed E-state index contributed by atoms with van der Waals surface area (Å²) in [5.74, 6) is 0. The maximum absolute atomic E-state index is 10.5. The molecular weight excluding hydrogens is 188 g/mol. The SMILES string of the molecule is O=Cc1ccn(CCN2CCCCC2)c1. The first-order chi connectivity index (χ1) is 7.38. The van der Waals surface area contributed by atoms with E-state index in [4.69, 9.17) is 0 Å². The Morgan fingerprint density at radius 2 is 2.00 bits per heavy atom. The molecule has 1 saturated heterocycles. The van der Waals surface area contributed by atoms with Crippen LogP contribution in [-0.4, -0.2) is 35.4 Å². The van der Waals surface area contributed by atoms with Gasteiger partial charge in [0.25, 0.3) is 0 Å². The summed E-state index contributed by atoms with van der Waals surface area (Å²) < 4.78 is 2.10. The van der Waals surface area contributed by atoms with Gasteiger partial charge in [-0.05, 0) is 32.0 Å². The summed E-state index contributed by atoms with van der Waals surface area (Å²) in [5.41, 5.74) is 0.772. The smallest absolute Gasteiger partial charge is 0.151 e. The van der Waals surface area contributed by atoms with Gasteiger partial charge in [-0.1, -0.05) is 6.42 Å². The van der Waals surface area contributed by atoms with E-state index >= 15 is 0 Å². The predicted octanol–water partition coefficient (Wildman–Crippen LogP) is 1.79. The van der Waals surface area contributed by atoms with Crippen molar-refractivity contribution in [3.8, 4) is 0 Å². The van der Waals surface area contributed by atoms with E-state index in [1.54, 1.807) is 0 Å². The van der Waals surface area contributed by atoms with Crippen LogP contribution in [0.15, 0.2) is 18.5 Å². The minimum atomic E-state index is 0.772. The summed E-state index contributed by atoms with van der Waals surface area (Å²) in [6.07, 6.45) is 8.86. The van der Waals surface area contributed by atoms with Gasteiger partial charge in [0.15, 0.2) is 6.29 Å². The zero-order valence-electron chi connectivity index (χ0n) is 9.06. The summed E-state index contributed by atoms with van der Waals surface area (Å²) >= 11 is 0. The lowest BCUT2D eigenvalue weighted by Gasteiger charge is -2.26. The van der Waals surface area contributed by atoms with Gasteiger partial charge >= 0.3 is 0 Å². The fourth-order valence-corrected chi connectivity index (χ4v) is 2.11. The van der Waals surface area contributed by atoms with E-state index in [1.165, 1.54) is 32.4 Å². The van der Waals surface area contributed by atoms with E-state index in [0.29, 0.717) is 0 Å². The summed E-state index contributed by atoms with van der Waals surface area (Å²) in [6, 6.07) is 1.86. The van der Waals surface area contributed by atoms with Gasteiger partial charge < -0.3 is 9.47 Å². The first-order valence-corrected chi connectivity index (χ1v) is 5.72. The minimum Gasteiger partial charge on any atom is -0.352 e. The maximum atomic E-state index is 10.5. The van der Waals surface area contributed by atoms with Crippen molar-refractivity contribution in [1.82, 2.24) is 9.47 Å². The zero-order chi connectivity index (χ0) is 10.5. The molecule has 3 heteroatoms. The highest BCUT2D eigenvalue weighted by molar-refractivity contribution is 5.74. The van der Waals surface area contributed by atoms with Crippen LogP contribution >= 0.6 is 0 Å².